The number of pyridine rings is 1. The fraction of sp³-hybridized carbons (Fsp3) is 0.286. The van der Waals surface area contributed by atoms with E-state index in [1.165, 1.54) is 29.2 Å². The number of nitrogens with one attached hydrogen (secondary N) is 1. The number of hydrogen-bond donors (Lipinski definition) is 1. The molecule has 4 rings (SSSR count). The predicted molar refractivity (Wildman–Crippen MR) is 131 cm³/mol. The molecule has 0 amide bonds. The number of phosphoric ester groups is 1. The zero-order chi connectivity index (χ0) is 25.7. The van der Waals surface area contributed by atoms with Crippen LogP contribution in [-0.4, -0.2) is 33.3 Å². The summed E-state index contributed by atoms with van der Waals surface area (Å²) in [5.74, 6) is 0.363. The Morgan fingerprint density at radius 2 is 2.03 bits per heavy atom. The number of halogens is 1. The lowest BCUT2D eigenvalue weighted by atomic mass is 10.1. The van der Waals surface area contributed by atoms with Crippen molar-refractivity contribution in [3.8, 4) is 11.5 Å². The Bertz CT molecular complexity index is 1430. The highest BCUT2D eigenvalue weighted by atomic mass is 79.9. The molecule has 2 aromatic heterocycles. The van der Waals surface area contributed by atoms with E-state index in [1.54, 1.807) is 37.3 Å². The number of nitrogens with zero attached hydrogens (tertiary/aromatic N) is 5. The summed E-state index contributed by atoms with van der Waals surface area (Å²) in [5, 5.41) is 3.73. The molecule has 3 aromatic rings. The zero-order valence-corrected chi connectivity index (χ0v) is 21.2. The van der Waals surface area contributed by atoms with Crippen molar-refractivity contribution < 1.29 is 22.9 Å². The second kappa shape index (κ2) is 11.1. The fourth-order valence-electron chi connectivity index (χ4n) is 3.41. The van der Waals surface area contributed by atoms with Crippen molar-refractivity contribution in [2.75, 3.05) is 6.61 Å². The van der Waals surface area contributed by atoms with Gasteiger partial charge in [0.25, 0.3) is 5.56 Å². The van der Waals surface area contributed by atoms with Gasteiger partial charge in [-0.25, -0.2) is 9.36 Å². The van der Waals surface area contributed by atoms with Crippen LogP contribution in [0.25, 0.3) is 10.4 Å². The van der Waals surface area contributed by atoms with Crippen LogP contribution in [0.3, 0.4) is 0 Å². The minimum Gasteiger partial charge on any atom is -0.395 e. The number of H-pyrrole nitrogens is 1. The van der Waals surface area contributed by atoms with Crippen molar-refractivity contribution in [2.24, 2.45) is 5.11 Å². The summed E-state index contributed by atoms with van der Waals surface area (Å²) >= 11 is 3.32. The van der Waals surface area contributed by atoms with E-state index >= 15 is 0 Å². The molecular formula is C21H20BrN6O7P. The van der Waals surface area contributed by atoms with Gasteiger partial charge in [0.2, 0.25) is 0 Å². The van der Waals surface area contributed by atoms with Gasteiger partial charge < -0.3 is 13.8 Å². The highest BCUT2D eigenvalue weighted by molar-refractivity contribution is 9.10. The highest BCUT2D eigenvalue weighted by Gasteiger charge is 2.40. The number of rotatable bonds is 9. The molecule has 1 N–H and O–H groups in total. The maximum Gasteiger partial charge on any atom is 0.587 e. The predicted octanol–water partition coefficient (Wildman–Crippen LogP) is 4.25. The van der Waals surface area contributed by atoms with Crippen LogP contribution in [0.2, 0.25) is 0 Å². The lowest BCUT2D eigenvalue weighted by molar-refractivity contribution is -0.0260. The first kappa shape index (κ1) is 25.7. The first-order chi connectivity index (χ1) is 17.3. The maximum absolute atomic E-state index is 13.6. The number of hydrogen-bond acceptors (Lipinski definition) is 9. The third-order valence-corrected chi connectivity index (χ3v) is 7.00. The van der Waals surface area contributed by atoms with Crippen molar-refractivity contribution in [1.29, 1.82) is 0 Å². The molecule has 0 aliphatic carbocycles. The molecule has 1 aromatic carbocycles. The third-order valence-electron chi connectivity index (χ3n) is 5.14. The molecule has 1 fully saturated rings. The van der Waals surface area contributed by atoms with Crippen molar-refractivity contribution in [3.05, 3.63) is 96.3 Å². The van der Waals surface area contributed by atoms with Crippen LogP contribution in [0.1, 0.15) is 18.2 Å². The van der Waals surface area contributed by atoms with E-state index in [4.69, 9.17) is 23.8 Å². The smallest absolute Gasteiger partial charge is 0.395 e. The molecule has 0 radical (unpaired) electrons. The number of benzene rings is 1. The standard InChI is InChI=1S/C21H20BrN6O7P/c1-13-11-28(21(30)25-20(13)29)19-9-17(26-27-23)18(33-19)12-32-36(31,35-16-3-2-8-24-10-16)34-15-6-4-14(22)5-7-15/h2-8,10-11,17-19H,9,12H2,1H3,(H,25,29,30)/t17?,18-,19-,36?/m1/s1. The first-order valence-electron chi connectivity index (χ1n) is 10.6. The van der Waals surface area contributed by atoms with Crippen molar-refractivity contribution in [1.82, 2.24) is 14.5 Å². The van der Waals surface area contributed by atoms with Gasteiger partial charge in [0.15, 0.2) is 5.75 Å². The summed E-state index contributed by atoms with van der Waals surface area (Å²) in [6, 6.07) is 8.88. The number of ether oxygens (including phenoxy) is 1. The van der Waals surface area contributed by atoms with Gasteiger partial charge in [-0.05, 0) is 48.9 Å². The molecule has 0 bridgehead atoms. The van der Waals surface area contributed by atoms with Crippen LogP contribution in [0.4, 0.5) is 0 Å². The molecular weight excluding hydrogens is 559 g/mol. The van der Waals surface area contributed by atoms with E-state index in [9.17, 15) is 14.2 Å². The van der Waals surface area contributed by atoms with Crippen LogP contribution < -0.4 is 20.3 Å². The van der Waals surface area contributed by atoms with E-state index in [1.807, 2.05) is 0 Å². The van der Waals surface area contributed by atoms with E-state index in [2.05, 4.69) is 35.9 Å². The molecule has 1 aliphatic rings. The quantitative estimate of drug-likeness (QED) is 0.170. The zero-order valence-electron chi connectivity index (χ0n) is 18.8. The van der Waals surface area contributed by atoms with Crippen LogP contribution in [0, 0.1) is 6.92 Å². The van der Waals surface area contributed by atoms with Gasteiger partial charge in [0.1, 0.15) is 12.0 Å². The molecule has 1 saturated heterocycles. The molecule has 13 nitrogen and oxygen atoms in total. The monoisotopic (exact) mass is 578 g/mol. The molecule has 1 aliphatic heterocycles. The number of aromatic amines is 1. The summed E-state index contributed by atoms with van der Waals surface area (Å²) in [6.45, 7) is 1.19. The number of azide groups is 1. The summed E-state index contributed by atoms with van der Waals surface area (Å²) in [6.07, 6.45) is 2.58. The molecule has 15 heteroatoms. The van der Waals surface area contributed by atoms with Crippen molar-refractivity contribution in [3.63, 3.8) is 0 Å². The van der Waals surface area contributed by atoms with Gasteiger partial charge in [0.05, 0.1) is 24.9 Å². The molecule has 0 spiro atoms. The molecule has 4 atom stereocenters. The van der Waals surface area contributed by atoms with Gasteiger partial charge in [-0.1, -0.05) is 21.0 Å². The fourth-order valence-corrected chi connectivity index (χ4v) is 4.90. The molecule has 2 unspecified atom stereocenters. The second-order valence-electron chi connectivity index (χ2n) is 7.68. The van der Waals surface area contributed by atoms with Gasteiger partial charge in [0, 0.05) is 33.8 Å². The normalized spacial score (nSPS) is 20.8. The molecule has 36 heavy (non-hydrogen) atoms. The van der Waals surface area contributed by atoms with E-state index in [-0.39, 0.29) is 24.5 Å². The summed E-state index contributed by atoms with van der Waals surface area (Å²) in [5.41, 5.74) is 8.11. The third kappa shape index (κ3) is 6.23. The largest absolute Gasteiger partial charge is 0.587 e. The summed E-state index contributed by atoms with van der Waals surface area (Å²) in [7, 11) is -4.28. The van der Waals surface area contributed by atoms with Crippen molar-refractivity contribution >= 4 is 23.8 Å². The summed E-state index contributed by atoms with van der Waals surface area (Å²) < 4.78 is 38.2. The second-order valence-corrected chi connectivity index (χ2v) is 10.1. The van der Waals surface area contributed by atoms with Crippen LogP contribution >= 0.6 is 23.8 Å². The van der Waals surface area contributed by atoms with Crippen LogP contribution in [-0.2, 0) is 13.8 Å². The van der Waals surface area contributed by atoms with Gasteiger partial charge >= 0.3 is 13.5 Å². The minimum absolute atomic E-state index is 0.116. The lowest BCUT2D eigenvalue weighted by Gasteiger charge is -2.22. The van der Waals surface area contributed by atoms with Crippen LogP contribution in [0.5, 0.6) is 11.5 Å². The van der Waals surface area contributed by atoms with E-state index in [0.29, 0.717) is 5.56 Å². The SMILES string of the molecule is Cc1cn([C@H]2CC(N=[N+]=[N-])[C@@H](COP(=O)(Oc3ccc(Br)cc3)Oc3cccnc3)O2)c(=O)[nH]c1=O. The van der Waals surface area contributed by atoms with Crippen molar-refractivity contribution in [2.45, 2.75) is 31.7 Å². The van der Waals surface area contributed by atoms with Gasteiger partial charge in [-0.2, -0.15) is 0 Å². The average Bonchev–Trinajstić information content (AvgIpc) is 3.25. The Hall–Kier alpha value is -3.41. The van der Waals surface area contributed by atoms with E-state index < -0.39 is 37.4 Å². The molecule has 0 saturated carbocycles. The Labute approximate surface area is 212 Å². The van der Waals surface area contributed by atoms with Gasteiger partial charge in [-0.15, -0.1) is 0 Å². The Morgan fingerprint density at radius 3 is 2.72 bits per heavy atom. The summed E-state index contributed by atoms with van der Waals surface area (Å²) in [4.78, 5) is 33.0. The number of aryl methyl sites for hydroxylation is 1. The van der Waals surface area contributed by atoms with Crippen LogP contribution in [0.15, 0.2) is 74.2 Å². The minimum atomic E-state index is -4.28. The Balaban J connectivity index is 1.55. The average molecular weight is 579 g/mol. The van der Waals surface area contributed by atoms with Gasteiger partial charge in [-0.3, -0.25) is 23.9 Å². The highest BCUT2D eigenvalue weighted by Crippen LogP contribution is 2.50. The Morgan fingerprint density at radius 1 is 1.28 bits per heavy atom. The van der Waals surface area contributed by atoms with E-state index in [0.717, 1.165) is 4.47 Å². The number of aromatic nitrogens is 3. The molecule has 188 valence electrons. The number of phosphoric acid groups is 1. The maximum atomic E-state index is 13.6. The Kier molecular flexibility index (Phi) is 7.92. The topological polar surface area (TPSA) is 170 Å². The first-order valence-corrected chi connectivity index (χ1v) is 12.8. The molecule has 3 heterocycles. The lowest BCUT2D eigenvalue weighted by Crippen LogP contribution is -2.33.